The molecule has 22 heavy (non-hydrogen) atoms. The second kappa shape index (κ2) is 5.75. The Kier molecular flexibility index (Phi) is 3.94. The van der Waals surface area contributed by atoms with Gasteiger partial charge in [0.15, 0.2) is 5.78 Å². The number of rotatable bonds is 2. The van der Waals surface area contributed by atoms with Crippen molar-refractivity contribution in [1.29, 1.82) is 0 Å². The lowest BCUT2D eigenvalue weighted by atomic mass is 9.96. The summed E-state index contributed by atoms with van der Waals surface area (Å²) in [6.45, 7) is 3.97. The second-order valence-electron chi connectivity index (χ2n) is 5.34. The number of carbonyl (C=O) groups excluding carboxylic acids is 1. The summed E-state index contributed by atoms with van der Waals surface area (Å²) in [5, 5.41) is 1.32. The fraction of sp³-hybridized carbons (Fsp3) is 0.105. The maximum Gasteiger partial charge on any atom is 0.194 e. The number of halogens is 2. The van der Waals surface area contributed by atoms with Crippen LogP contribution in [-0.4, -0.2) is 5.78 Å². The van der Waals surface area contributed by atoms with E-state index in [9.17, 15) is 4.79 Å². The van der Waals surface area contributed by atoms with Gasteiger partial charge in [0.1, 0.15) is 0 Å². The van der Waals surface area contributed by atoms with Gasteiger partial charge in [-0.25, -0.2) is 0 Å². The SMILES string of the molecule is CC1=C(c2ccc(Cl)cc2)C(=O)C(c2ccc(Cl)cc2)=C1C. The summed E-state index contributed by atoms with van der Waals surface area (Å²) in [4.78, 5) is 12.9. The van der Waals surface area contributed by atoms with Crippen LogP contribution < -0.4 is 0 Å². The van der Waals surface area contributed by atoms with Gasteiger partial charge in [0, 0.05) is 21.2 Å². The number of allylic oxidation sites excluding steroid dienone is 4. The molecule has 0 atom stereocenters. The summed E-state index contributed by atoms with van der Waals surface area (Å²) in [7, 11) is 0. The molecule has 0 N–H and O–H groups in total. The molecule has 1 aliphatic carbocycles. The summed E-state index contributed by atoms with van der Waals surface area (Å²) < 4.78 is 0. The number of ketones is 1. The zero-order valence-electron chi connectivity index (χ0n) is 12.3. The first-order valence-electron chi connectivity index (χ1n) is 6.97. The Bertz CT molecular complexity index is 740. The van der Waals surface area contributed by atoms with Gasteiger partial charge in [0.2, 0.25) is 0 Å². The molecule has 0 amide bonds. The number of benzene rings is 2. The molecule has 0 unspecified atom stereocenters. The molecule has 2 aromatic rings. The summed E-state index contributed by atoms with van der Waals surface area (Å²) in [5.41, 5.74) is 5.32. The van der Waals surface area contributed by atoms with Crippen LogP contribution in [0.15, 0.2) is 59.7 Å². The third-order valence-corrected chi connectivity index (χ3v) is 4.54. The summed E-state index contributed by atoms with van der Waals surface area (Å²) >= 11 is 11.9. The van der Waals surface area contributed by atoms with Crippen LogP contribution in [-0.2, 0) is 4.79 Å². The Labute approximate surface area is 139 Å². The molecule has 0 spiro atoms. The van der Waals surface area contributed by atoms with Crippen molar-refractivity contribution < 1.29 is 4.79 Å². The molecule has 0 saturated carbocycles. The Morgan fingerprint density at radius 2 is 0.955 bits per heavy atom. The van der Waals surface area contributed by atoms with Gasteiger partial charge >= 0.3 is 0 Å². The van der Waals surface area contributed by atoms with Gasteiger partial charge in [-0.1, -0.05) is 47.5 Å². The van der Waals surface area contributed by atoms with Crippen LogP contribution >= 0.6 is 23.2 Å². The molecule has 110 valence electrons. The zero-order chi connectivity index (χ0) is 15.9. The molecule has 2 aromatic carbocycles. The topological polar surface area (TPSA) is 17.1 Å². The molecule has 3 heteroatoms. The number of hydrogen-bond acceptors (Lipinski definition) is 1. The van der Waals surface area contributed by atoms with Gasteiger partial charge in [-0.3, -0.25) is 4.79 Å². The van der Waals surface area contributed by atoms with Crippen LogP contribution in [0.4, 0.5) is 0 Å². The third kappa shape index (κ3) is 2.51. The van der Waals surface area contributed by atoms with Gasteiger partial charge in [-0.15, -0.1) is 0 Å². The van der Waals surface area contributed by atoms with E-state index >= 15 is 0 Å². The van der Waals surface area contributed by atoms with Crippen molar-refractivity contribution in [2.45, 2.75) is 13.8 Å². The summed E-state index contributed by atoms with van der Waals surface area (Å²) in [6, 6.07) is 14.8. The minimum absolute atomic E-state index is 0.0552. The van der Waals surface area contributed by atoms with Crippen LogP contribution in [0.2, 0.25) is 10.0 Å². The van der Waals surface area contributed by atoms with Crippen LogP contribution in [0.5, 0.6) is 0 Å². The van der Waals surface area contributed by atoms with E-state index in [1.54, 1.807) is 24.3 Å². The quantitative estimate of drug-likeness (QED) is 0.678. The first kappa shape index (κ1) is 15.1. The Morgan fingerprint density at radius 3 is 1.27 bits per heavy atom. The Morgan fingerprint density at radius 1 is 0.636 bits per heavy atom. The summed E-state index contributed by atoms with van der Waals surface area (Å²) in [5.74, 6) is 0.0552. The molecule has 1 nitrogen and oxygen atoms in total. The predicted octanol–water partition coefficient (Wildman–Crippen LogP) is 5.82. The lowest BCUT2D eigenvalue weighted by Crippen LogP contribution is -2.01. The Hall–Kier alpha value is -1.83. The van der Waals surface area contributed by atoms with E-state index in [4.69, 9.17) is 23.2 Å². The van der Waals surface area contributed by atoms with E-state index in [1.165, 1.54) is 0 Å². The zero-order valence-corrected chi connectivity index (χ0v) is 13.8. The average molecular weight is 329 g/mol. The number of Topliss-reactive ketones (excluding diaryl/α,β-unsaturated/α-hetero) is 1. The van der Waals surface area contributed by atoms with Crippen LogP contribution in [0.3, 0.4) is 0 Å². The van der Waals surface area contributed by atoms with E-state index < -0.39 is 0 Å². The minimum atomic E-state index is 0.0552. The fourth-order valence-electron chi connectivity index (χ4n) is 2.77. The normalized spacial score (nSPS) is 15.0. The van der Waals surface area contributed by atoms with Gasteiger partial charge in [0.25, 0.3) is 0 Å². The van der Waals surface area contributed by atoms with Gasteiger partial charge < -0.3 is 0 Å². The highest BCUT2D eigenvalue weighted by molar-refractivity contribution is 6.47. The lowest BCUT2D eigenvalue weighted by Gasteiger charge is -2.06. The standard InChI is InChI=1S/C19H14Cl2O/c1-11-12(2)18(14-5-9-16(21)10-6-14)19(22)17(11)13-3-7-15(20)8-4-13/h3-10H,1-2H3. The molecule has 0 bridgehead atoms. The smallest absolute Gasteiger partial charge is 0.194 e. The highest BCUT2D eigenvalue weighted by Gasteiger charge is 2.29. The Balaban J connectivity index is 2.06. The van der Waals surface area contributed by atoms with E-state index in [2.05, 4.69) is 0 Å². The molecule has 1 aliphatic rings. The van der Waals surface area contributed by atoms with Crippen molar-refractivity contribution in [1.82, 2.24) is 0 Å². The van der Waals surface area contributed by atoms with E-state index in [1.807, 2.05) is 38.1 Å². The van der Waals surface area contributed by atoms with E-state index in [-0.39, 0.29) is 5.78 Å². The average Bonchev–Trinajstić information content (AvgIpc) is 2.72. The van der Waals surface area contributed by atoms with E-state index in [0.29, 0.717) is 10.0 Å². The first-order valence-corrected chi connectivity index (χ1v) is 7.73. The molecule has 0 aliphatic heterocycles. The van der Waals surface area contributed by atoms with Gasteiger partial charge in [-0.2, -0.15) is 0 Å². The van der Waals surface area contributed by atoms with Crippen molar-refractivity contribution >= 4 is 40.1 Å². The van der Waals surface area contributed by atoms with Crippen molar-refractivity contribution in [3.8, 4) is 0 Å². The lowest BCUT2D eigenvalue weighted by molar-refractivity contribution is -0.108. The van der Waals surface area contributed by atoms with Crippen molar-refractivity contribution in [3.05, 3.63) is 80.8 Å². The van der Waals surface area contributed by atoms with Crippen molar-refractivity contribution in [2.75, 3.05) is 0 Å². The van der Waals surface area contributed by atoms with Crippen LogP contribution in [0.25, 0.3) is 11.1 Å². The van der Waals surface area contributed by atoms with Crippen LogP contribution in [0.1, 0.15) is 25.0 Å². The maximum atomic E-state index is 12.9. The van der Waals surface area contributed by atoms with E-state index in [0.717, 1.165) is 33.4 Å². The molecule has 0 radical (unpaired) electrons. The third-order valence-electron chi connectivity index (χ3n) is 4.03. The summed E-state index contributed by atoms with van der Waals surface area (Å²) in [6.07, 6.45) is 0. The number of carbonyl (C=O) groups is 1. The van der Waals surface area contributed by atoms with Gasteiger partial charge in [-0.05, 0) is 60.4 Å². The van der Waals surface area contributed by atoms with Crippen molar-refractivity contribution in [3.63, 3.8) is 0 Å². The molecule has 3 rings (SSSR count). The fourth-order valence-corrected chi connectivity index (χ4v) is 3.02. The maximum absolute atomic E-state index is 12.9. The highest BCUT2D eigenvalue weighted by atomic mass is 35.5. The first-order chi connectivity index (χ1) is 10.5. The number of hydrogen-bond donors (Lipinski definition) is 0. The molecule has 0 fully saturated rings. The molecule has 0 heterocycles. The molecular weight excluding hydrogens is 315 g/mol. The molecule has 0 aromatic heterocycles. The van der Waals surface area contributed by atoms with Gasteiger partial charge in [0.05, 0.1) is 0 Å². The van der Waals surface area contributed by atoms with Crippen LogP contribution in [0, 0.1) is 0 Å². The second-order valence-corrected chi connectivity index (χ2v) is 6.22. The van der Waals surface area contributed by atoms with Crippen molar-refractivity contribution in [2.24, 2.45) is 0 Å². The minimum Gasteiger partial charge on any atom is -0.289 e. The molecule has 0 saturated heterocycles. The predicted molar refractivity (Wildman–Crippen MR) is 93.1 cm³/mol. The largest absolute Gasteiger partial charge is 0.289 e. The molecular formula is C19H14Cl2O. The highest BCUT2D eigenvalue weighted by Crippen LogP contribution is 2.40. The monoisotopic (exact) mass is 328 g/mol.